The molecule has 0 aromatic heterocycles. The first kappa shape index (κ1) is 22.8. The zero-order valence-electron chi connectivity index (χ0n) is 18.3. The second-order valence-corrected chi connectivity index (χ2v) is 10.6. The van der Waals surface area contributed by atoms with Crippen molar-refractivity contribution >= 4 is 29.2 Å². The molecule has 4 saturated heterocycles. The van der Waals surface area contributed by atoms with Crippen LogP contribution in [0, 0.1) is 23.7 Å². The molecule has 1 aromatic rings. The van der Waals surface area contributed by atoms with Crippen LogP contribution in [0.5, 0.6) is 0 Å². The minimum absolute atomic E-state index is 0.0201. The van der Waals surface area contributed by atoms with Crippen molar-refractivity contribution in [2.45, 2.75) is 77.0 Å². The first-order valence-electron chi connectivity index (χ1n) is 11.2. The van der Waals surface area contributed by atoms with Crippen LogP contribution < -0.4 is 0 Å². The molecule has 0 unspecified atom stereocenters. The number of carboxylic acids is 1. The standard InChI is InChI=1S/C23H28Cl2O7/c1-11-4-5-16-12(2)20(28-10-14-17(24)8-13(19(26)27)9-18(14)25)29-21-23(16)15(11)6-7-22(3,30-21)31-32-23/h8-9,11-12,15-16,20-21H,4-7,10H2,1-3H3,(H,26,27)/t11-,12-,15+,16+,20+,21-,22-,23-/m1/s1. The molecule has 1 saturated carbocycles. The summed E-state index contributed by atoms with van der Waals surface area (Å²) in [4.78, 5) is 23.2. The molecule has 1 aromatic carbocycles. The lowest BCUT2D eigenvalue weighted by molar-refractivity contribution is -0.577. The molecule has 1 aliphatic carbocycles. The predicted molar refractivity (Wildman–Crippen MR) is 115 cm³/mol. The Morgan fingerprint density at radius 2 is 1.88 bits per heavy atom. The topological polar surface area (TPSA) is 83.5 Å². The van der Waals surface area contributed by atoms with Gasteiger partial charge in [-0.15, -0.1) is 0 Å². The summed E-state index contributed by atoms with van der Waals surface area (Å²) >= 11 is 12.6. The van der Waals surface area contributed by atoms with Gasteiger partial charge >= 0.3 is 5.97 Å². The number of halogens is 2. The lowest BCUT2D eigenvalue weighted by Gasteiger charge is -2.60. The molecule has 176 valence electrons. The number of rotatable bonds is 4. The van der Waals surface area contributed by atoms with Crippen molar-refractivity contribution in [3.8, 4) is 0 Å². The average Bonchev–Trinajstić information content (AvgIpc) is 2.96. The number of aromatic carboxylic acids is 1. The number of hydrogen-bond acceptors (Lipinski definition) is 6. The molecule has 5 aliphatic rings. The summed E-state index contributed by atoms with van der Waals surface area (Å²) in [5.41, 5.74) is -0.0891. The van der Waals surface area contributed by atoms with Crippen LogP contribution in [0.15, 0.2) is 12.1 Å². The van der Waals surface area contributed by atoms with Crippen molar-refractivity contribution in [1.29, 1.82) is 0 Å². The van der Waals surface area contributed by atoms with E-state index in [1.54, 1.807) is 0 Å². The van der Waals surface area contributed by atoms with Crippen LogP contribution >= 0.6 is 23.2 Å². The number of hydrogen-bond donors (Lipinski definition) is 1. The van der Waals surface area contributed by atoms with Gasteiger partial charge in [0.25, 0.3) is 0 Å². The van der Waals surface area contributed by atoms with Crippen LogP contribution in [0.1, 0.15) is 62.4 Å². The number of benzene rings is 1. The van der Waals surface area contributed by atoms with Crippen LogP contribution in [0.4, 0.5) is 0 Å². The monoisotopic (exact) mass is 486 g/mol. The van der Waals surface area contributed by atoms with Gasteiger partial charge in [0, 0.05) is 33.9 Å². The molecule has 8 atom stereocenters. The molecular weight excluding hydrogens is 459 g/mol. The fraction of sp³-hybridized carbons (Fsp3) is 0.696. The molecular formula is C23H28Cl2O7. The molecule has 2 bridgehead atoms. The smallest absolute Gasteiger partial charge is 0.335 e. The van der Waals surface area contributed by atoms with Gasteiger partial charge in [-0.3, -0.25) is 0 Å². The van der Waals surface area contributed by atoms with Gasteiger partial charge in [-0.2, -0.15) is 0 Å². The summed E-state index contributed by atoms with van der Waals surface area (Å²) < 4.78 is 18.9. The molecule has 4 aliphatic heterocycles. The highest BCUT2D eigenvalue weighted by atomic mass is 35.5. The lowest BCUT2D eigenvalue weighted by atomic mass is 9.58. The van der Waals surface area contributed by atoms with Crippen LogP contribution in [-0.2, 0) is 30.6 Å². The minimum atomic E-state index is -1.09. The fourth-order valence-electron chi connectivity index (χ4n) is 6.09. The SMILES string of the molecule is C[C@H]1[C@@H](OCc2c(Cl)cc(C(=O)O)cc2Cl)O[C@@H]2O[C@@]3(C)CC[C@H]4[C@H](C)CC[C@@H]1[C@@]24OO3. The molecule has 0 amide bonds. The highest BCUT2D eigenvalue weighted by molar-refractivity contribution is 6.36. The number of fused-ring (bicyclic) bond motifs is 2. The van der Waals surface area contributed by atoms with Gasteiger partial charge in [0.2, 0.25) is 5.79 Å². The average molecular weight is 487 g/mol. The van der Waals surface area contributed by atoms with E-state index in [0.717, 1.165) is 25.7 Å². The molecule has 6 rings (SSSR count). The van der Waals surface area contributed by atoms with E-state index in [0.29, 0.717) is 11.5 Å². The zero-order valence-corrected chi connectivity index (χ0v) is 19.8. The van der Waals surface area contributed by atoms with E-state index in [-0.39, 0.29) is 40.0 Å². The summed E-state index contributed by atoms with van der Waals surface area (Å²) in [5.74, 6) is -0.996. The molecule has 1 spiro atoms. The van der Waals surface area contributed by atoms with Gasteiger partial charge in [0.1, 0.15) is 0 Å². The van der Waals surface area contributed by atoms with E-state index < -0.39 is 29.9 Å². The van der Waals surface area contributed by atoms with Crippen molar-refractivity contribution < 1.29 is 33.9 Å². The van der Waals surface area contributed by atoms with Crippen LogP contribution in [0.3, 0.4) is 0 Å². The van der Waals surface area contributed by atoms with Crippen molar-refractivity contribution in [2.75, 3.05) is 0 Å². The molecule has 7 nitrogen and oxygen atoms in total. The predicted octanol–water partition coefficient (Wildman–Crippen LogP) is 5.42. The van der Waals surface area contributed by atoms with Gasteiger partial charge < -0.3 is 19.3 Å². The second kappa shape index (κ2) is 8.08. The normalized spacial score (nSPS) is 42.9. The quantitative estimate of drug-likeness (QED) is 0.568. The van der Waals surface area contributed by atoms with E-state index in [4.69, 9.17) is 47.2 Å². The Morgan fingerprint density at radius 1 is 1.16 bits per heavy atom. The van der Waals surface area contributed by atoms with Crippen molar-refractivity contribution in [3.05, 3.63) is 33.3 Å². The summed E-state index contributed by atoms with van der Waals surface area (Å²) in [6.07, 6.45) is 2.64. The molecule has 4 heterocycles. The molecule has 32 heavy (non-hydrogen) atoms. The van der Waals surface area contributed by atoms with Crippen LogP contribution in [0.2, 0.25) is 10.0 Å². The maximum atomic E-state index is 11.2. The largest absolute Gasteiger partial charge is 0.478 e. The Bertz CT molecular complexity index is 903. The summed E-state index contributed by atoms with van der Waals surface area (Å²) in [7, 11) is 0. The molecule has 1 N–H and O–H groups in total. The van der Waals surface area contributed by atoms with E-state index in [9.17, 15) is 9.90 Å². The molecule has 0 radical (unpaired) electrons. The summed E-state index contributed by atoms with van der Waals surface area (Å²) in [5, 5.41) is 9.69. The van der Waals surface area contributed by atoms with Crippen LogP contribution in [-0.4, -0.2) is 35.0 Å². The third-order valence-corrected chi connectivity index (χ3v) is 8.55. The van der Waals surface area contributed by atoms with Crippen molar-refractivity contribution in [1.82, 2.24) is 0 Å². The highest BCUT2D eigenvalue weighted by Crippen LogP contribution is 2.60. The Hall–Kier alpha value is -0.930. The second-order valence-electron chi connectivity index (χ2n) is 9.81. The van der Waals surface area contributed by atoms with Crippen molar-refractivity contribution in [2.24, 2.45) is 23.7 Å². The Balaban J connectivity index is 1.40. The maximum Gasteiger partial charge on any atom is 0.335 e. The Labute approximate surface area is 197 Å². The third-order valence-electron chi connectivity index (χ3n) is 7.88. The van der Waals surface area contributed by atoms with Gasteiger partial charge in [-0.25, -0.2) is 14.6 Å². The number of carbonyl (C=O) groups is 1. The van der Waals surface area contributed by atoms with Crippen LogP contribution in [0.25, 0.3) is 0 Å². The fourth-order valence-corrected chi connectivity index (χ4v) is 6.69. The molecule has 9 heteroatoms. The van der Waals surface area contributed by atoms with E-state index >= 15 is 0 Å². The minimum Gasteiger partial charge on any atom is -0.478 e. The Morgan fingerprint density at radius 3 is 2.56 bits per heavy atom. The van der Waals surface area contributed by atoms with Gasteiger partial charge in [-0.05, 0) is 50.2 Å². The van der Waals surface area contributed by atoms with Gasteiger partial charge in [0.05, 0.1) is 12.2 Å². The van der Waals surface area contributed by atoms with Gasteiger partial charge in [0.15, 0.2) is 18.2 Å². The maximum absolute atomic E-state index is 11.2. The molecule has 5 fully saturated rings. The number of carboxylic acid groups (broad SMARTS) is 1. The van der Waals surface area contributed by atoms with E-state index in [1.807, 2.05) is 6.92 Å². The third kappa shape index (κ3) is 3.49. The lowest BCUT2D eigenvalue weighted by Crippen LogP contribution is -2.70. The zero-order chi connectivity index (χ0) is 22.8. The van der Waals surface area contributed by atoms with Crippen molar-refractivity contribution in [3.63, 3.8) is 0 Å². The number of ether oxygens (including phenoxy) is 3. The van der Waals surface area contributed by atoms with E-state index in [1.165, 1.54) is 12.1 Å². The Kier molecular flexibility index (Phi) is 5.77. The first-order valence-corrected chi connectivity index (χ1v) is 11.9. The summed E-state index contributed by atoms with van der Waals surface area (Å²) in [6.45, 7) is 6.35. The van der Waals surface area contributed by atoms with Gasteiger partial charge in [-0.1, -0.05) is 37.0 Å². The highest BCUT2D eigenvalue weighted by Gasteiger charge is 2.69. The van der Waals surface area contributed by atoms with E-state index in [2.05, 4.69) is 13.8 Å². The summed E-state index contributed by atoms with van der Waals surface area (Å²) in [6, 6.07) is 2.75. The first-order chi connectivity index (χ1) is 15.1.